The average Bonchev–Trinajstić information content (AvgIpc) is 3.41. The first-order chi connectivity index (χ1) is 14.2. The van der Waals surface area contributed by atoms with E-state index in [1.165, 1.54) is 0 Å². The van der Waals surface area contributed by atoms with Crippen LogP contribution in [-0.2, 0) is 6.54 Å². The minimum atomic E-state index is -0.287. The Balaban J connectivity index is 1.73. The van der Waals surface area contributed by atoms with Gasteiger partial charge >= 0.3 is 0 Å². The number of carbonyl (C=O) groups is 1. The van der Waals surface area contributed by atoms with E-state index in [1.807, 2.05) is 61.5 Å². The lowest BCUT2D eigenvalue weighted by Gasteiger charge is -2.08. The summed E-state index contributed by atoms with van der Waals surface area (Å²) in [5.74, 6) is 1.12. The zero-order valence-electron chi connectivity index (χ0n) is 16.2. The first-order valence-corrected chi connectivity index (χ1v) is 9.32. The summed E-state index contributed by atoms with van der Waals surface area (Å²) in [5.41, 5.74) is 2.94. The maximum absolute atomic E-state index is 12.9. The summed E-state index contributed by atoms with van der Waals surface area (Å²) in [6, 6.07) is 20.9. The van der Waals surface area contributed by atoms with Crippen molar-refractivity contribution in [3.05, 3.63) is 78.6 Å². The lowest BCUT2D eigenvalue weighted by atomic mass is 10.1. The molecule has 1 amide bonds. The molecule has 0 unspecified atom stereocenters. The third-order valence-corrected chi connectivity index (χ3v) is 4.59. The number of amides is 1. The molecule has 1 N–H and O–H groups in total. The van der Waals surface area contributed by atoms with Gasteiger partial charge in [-0.3, -0.25) is 4.79 Å². The van der Waals surface area contributed by atoms with Gasteiger partial charge in [0.2, 0.25) is 0 Å². The highest BCUT2D eigenvalue weighted by Crippen LogP contribution is 2.26. The molecule has 4 rings (SSSR count). The van der Waals surface area contributed by atoms with Gasteiger partial charge in [-0.05, 0) is 49.4 Å². The average molecular weight is 387 g/mol. The van der Waals surface area contributed by atoms with Crippen LogP contribution in [0.5, 0.6) is 5.75 Å². The van der Waals surface area contributed by atoms with Gasteiger partial charge in [0.1, 0.15) is 11.6 Å². The lowest BCUT2D eigenvalue weighted by Crippen LogP contribution is -2.16. The largest absolute Gasteiger partial charge is 0.497 e. The van der Waals surface area contributed by atoms with Crippen LogP contribution in [-0.4, -0.2) is 32.6 Å². The Morgan fingerprint density at radius 1 is 1.07 bits per heavy atom. The molecule has 2 aromatic carbocycles. The molecular weight excluding hydrogens is 366 g/mol. The van der Waals surface area contributed by atoms with E-state index in [1.54, 1.807) is 34.8 Å². The van der Waals surface area contributed by atoms with E-state index in [4.69, 9.17) is 4.74 Å². The zero-order valence-corrected chi connectivity index (χ0v) is 16.2. The second-order valence-electron chi connectivity index (χ2n) is 6.38. The second-order valence-corrected chi connectivity index (χ2v) is 6.38. The molecule has 7 nitrogen and oxygen atoms in total. The molecule has 2 aromatic heterocycles. The Morgan fingerprint density at radius 2 is 1.83 bits per heavy atom. The standard InChI is InChI=1S/C22H21N5O2/c1-3-26-21(13-14-23-26)24-22(28)19-15-20(16-9-11-18(29-2)12-10-16)27(25-19)17-7-5-4-6-8-17/h4-15H,3H2,1-2H3,(H,24,28). The number of rotatable bonds is 6. The number of aryl methyl sites for hydroxylation is 1. The van der Waals surface area contributed by atoms with Crippen LogP contribution in [0.2, 0.25) is 0 Å². The fourth-order valence-corrected chi connectivity index (χ4v) is 3.10. The van der Waals surface area contributed by atoms with Crippen molar-refractivity contribution in [1.82, 2.24) is 19.6 Å². The minimum Gasteiger partial charge on any atom is -0.497 e. The lowest BCUT2D eigenvalue weighted by molar-refractivity contribution is 0.102. The van der Waals surface area contributed by atoms with Crippen molar-refractivity contribution < 1.29 is 9.53 Å². The first-order valence-electron chi connectivity index (χ1n) is 9.32. The molecule has 146 valence electrons. The van der Waals surface area contributed by atoms with Crippen molar-refractivity contribution in [3.63, 3.8) is 0 Å². The van der Waals surface area contributed by atoms with Crippen LogP contribution in [0, 0.1) is 0 Å². The fourth-order valence-electron chi connectivity index (χ4n) is 3.10. The minimum absolute atomic E-state index is 0.287. The first kappa shape index (κ1) is 18.5. The molecule has 2 heterocycles. The van der Waals surface area contributed by atoms with Gasteiger partial charge in [-0.1, -0.05) is 18.2 Å². The van der Waals surface area contributed by atoms with E-state index < -0.39 is 0 Å². The molecule has 0 spiro atoms. The van der Waals surface area contributed by atoms with Crippen molar-refractivity contribution in [1.29, 1.82) is 0 Å². The van der Waals surface area contributed by atoms with Crippen LogP contribution in [0.25, 0.3) is 16.9 Å². The molecule has 0 bridgehead atoms. The van der Waals surface area contributed by atoms with E-state index in [0.717, 1.165) is 22.7 Å². The zero-order chi connectivity index (χ0) is 20.2. The van der Waals surface area contributed by atoms with Crippen LogP contribution in [0.1, 0.15) is 17.4 Å². The van der Waals surface area contributed by atoms with Crippen LogP contribution in [0.4, 0.5) is 5.82 Å². The molecule has 0 saturated carbocycles. The summed E-state index contributed by atoms with van der Waals surface area (Å²) < 4.78 is 8.74. The molecule has 7 heteroatoms. The number of carbonyl (C=O) groups excluding carboxylic acids is 1. The normalized spacial score (nSPS) is 10.7. The number of nitrogens with zero attached hydrogens (tertiary/aromatic N) is 4. The summed E-state index contributed by atoms with van der Waals surface area (Å²) in [5, 5.41) is 11.6. The van der Waals surface area contributed by atoms with Gasteiger partial charge < -0.3 is 10.1 Å². The molecule has 0 atom stereocenters. The number of ether oxygens (including phenoxy) is 1. The molecule has 29 heavy (non-hydrogen) atoms. The smallest absolute Gasteiger partial charge is 0.277 e. The Morgan fingerprint density at radius 3 is 2.52 bits per heavy atom. The quantitative estimate of drug-likeness (QED) is 0.542. The second kappa shape index (κ2) is 8.02. The van der Waals surface area contributed by atoms with E-state index in [-0.39, 0.29) is 5.91 Å². The molecule has 0 aliphatic heterocycles. The van der Waals surface area contributed by atoms with Crippen molar-refractivity contribution in [2.75, 3.05) is 12.4 Å². The summed E-state index contributed by atoms with van der Waals surface area (Å²) in [4.78, 5) is 12.9. The predicted molar refractivity (Wildman–Crippen MR) is 111 cm³/mol. The predicted octanol–water partition coefficient (Wildman–Crippen LogP) is 4.02. The van der Waals surface area contributed by atoms with Gasteiger partial charge in [0.05, 0.1) is 24.7 Å². The molecular formula is C22H21N5O2. The number of benzene rings is 2. The van der Waals surface area contributed by atoms with E-state index >= 15 is 0 Å². The number of nitrogens with one attached hydrogen (secondary N) is 1. The Bertz CT molecular complexity index is 1110. The number of aromatic nitrogens is 4. The number of anilines is 1. The molecule has 4 aromatic rings. The summed E-state index contributed by atoms with van der Waals surface area (Å²) in [6.07, 6.45) is 1.66. The highest BCUT2D eigenvalue weighted by atomic mass is 16.5. The third kappa shape index (κ3) is 3.75. The summed E-state index contributed by atoms with van der Waals surface area (Å²) in [7, 11) is 1.63. The monoisotopic (exact) mass is 387 g/mol. The topological polar surface area (TPSA) is 74.0 Å². The number of hydrogen-bond donors (Lipinski definition) is 1. The van der Waals surface area contributed by atoms with E-state index in [9.17, 15) is 4.79 Å². The highest BCUT2D eigenvalue weighted by molar-refractivity contribution is 6.03. The Hall–Kier alpha value is -3.87. The number of methoxy groups -OCH3 is 1. The van der Waals surface area contributed by atoms with Crippen LogP contribution < -0.4 is 10.1 Å². The molecule has 0 saturated heterocycles. The van der Waals surface area contributed by atoms with Crippen LogP contribution in [0.15, 0.2) is 72.9 Å². The van der Waals surface area contributed by atoms with Gasteiger partial charge in [0.25, 0.3) is 5.91 Å². The van der Waals surface area contributed by atoms with Crippen LogP contribution >= 0.6 is 0 Å². The number of hydrogen-bond acceptors (Lipinski definition) is 4. The Kier molecular flexibility index (Phi) is 5.11. The number of para-hydroxylation sites is 1. The Labute approximate surface area is 168 Å². The van der Waals surface area contributed by atoms with Crippen molar-refractivity contribution in [2.45, 2.75) is 13.5 Å². The van der Waals surface area contributed by atoms with Gasteiger partial charge in [-0.15, -0.1) is 0 Å². The molecule has 0 fully saturated rings. The SMILES string of the molecule is CCn1nccc1NC(=O)c1cc(-c2ccc(OC)cc2)n(-c2ccccc2)n1. The van der Waals surface area contributed by atoms with Crippen molar-refractivity contribution in [2.24, 2.45) is 0 Å². The maximum atomic E-state index is 12.9. The third-order valence-electron chi connectivity index (χ3n) is 4.59. The van der Waals surface area contributed by atoms with Crippen molar-refractivity contribution in [3.8, 4) is 22.7 Å². The molecule has 0 radical (unpaired) electrons. The summed E-state index contributed by atoms with van der Waals surface area (Å²) in [6.45, 7) is 2.63. The van der Waals surface area contributed by atoms with Crippen LogP contribution in [0.3, 0.4) is 0 Å². The van der Waals surface area contributed by atoms with Gasteiger partial charge in [0.15, 0.2) is 5.69 Å². The van der Waals surface area contributed by atoms with Crippen molar-refractivity contribution >= 4 is 11.7 Å². The highest BCUT2D eigenvalue weighted by Gasteiger charge is 2.18. The van der Waals surface area contributed by atoms with E-state index in [2.05, 4.69) is 15.5 Å². The van der Waals surface area contributed by atoms with Gasteiger partial charge in [0, 0.05) is 18.2 Å². The maximum Gasteiger partial charge on any atom is 0.277 e. The summed E-state index contributed by atoms with van der Waals surface area (Å²) >= 11 is 0. The van der Waals surface area contributed by atoms with Gasteiger partial charge in [-0.25, -0.2) is 9.36 Å². The van der Waals surface area contributed by atoms with Gasteiger partial charge in [-0.2, -0.15) is 10.2 Å². The van der Waals surface area contributed by atoms with E-state index in [0.29, 0.717) is 18.1 Å². The fraction of sp³-hybridized carbons (Fsp3) is 0.136. The molecule has 0 aliphatic carbocycles. The molecule has 0 aliphatic rings.